The van der Waals surface area contributed by atoms with Crippen molar-refractivity contribution in [2.45, 2.75) is 20.3 Å². The van der Waals surface area contributed by atoms with Crippen LogP contribution in [-0.4, -0.2) is 7.11 Å². The Labute approximate surface area is 180 Å². The zero-order valence-corrected chi connectivity index (χ0v) is 18.5. The van der Waals surface area contributed by atoms with E-state index in [1.807, 2.05) is 37.3 Å². The van der Waals surface area contributed by atoms with Crippen LogP contribution in [0.25, 0.3) is 27.8 Å². The third-order valence-corrected chi connectivity index (χ3v) is 5.46. The lowest BCUT2D eigenvalue weighted by atomic mass is 9.94. The Morgan fingerprint density at radius 2 is 1.76 bits per heavy atom. The fourth-order valence-electron chi connectivity index (χ4n) is 3.41. The molecule has 0 spiro atoms. The van der Waals surface area contributed by atoms with E-state index in [1.54, 1.807) is 13.2 Å². The Bertz CT molecular complexity index is 1050. The molecule has 0 aliphatic rings. The van der Waals surface area contributed by atoms with Crippen LogP contribution in [0, 0.1) is 5.82 Å². The molecular weight excluding hydrogens is 427 g/mol. The summed E-state index contributed by atoms with van der Waals surface area (Å²) in [5, 5.41) is 0. The summed E-state index contributed by atoms with van der Waals surface area (Å²) in [4.78, 5) is 0. The van der Waals surface area contributed by atoms with E-state index in [1.165, 1.54) is 11.6 Å². The van der Waals surface area contributed by atoms with Gasteiger partial charge in [0.05, 0.1) is 7.11 Å². The fraction of sp³-hybridized carbons (Fsp3) is 0.154. The summed E-state index contributed by atoms with van der Waals surface area (Å²) in [5.74, 6) is 0.367. The molecule has 0 saturated heterocycles. The van der Waals surface area contributed by atoms with Gasteiger partial charge in [-0.05, 0) is 48.2 Å². The zero-order chi connectivity index (χ0) is 20.8. The van der Waals surface area contributed by atoms with E-state index in [0.29, 0.717) is 15.8 Å². The van der Waals surface area contributed by atoms with Gasteiger partial charge in [-0.25, -0.2) is 4.39 Å². The Morgan fingerprint density at radius 1 is 1.03 bits per heavy atom. The van der Waals surface area contributed by atoms with E-state index in [-0.39, 0.29) is 5.82 Å². The van der Waals surface area contributed by atoms with Crippen molar-refractivity contribution in [3.8, 4) is 28.0 Å². The number of rotatable bonds is 6. The molecule has 0 aromatic heterocycles. The number of hydrogen-bond donors (Lipinski definition) is 0. The first kappa shape index (κ1) is 21.1. The molecule has 0 saturated carbocycles. The Hall–Kier alpha value is -2.65. The molecule has 0 aliphatic heterocycles. The molecule has 29 heavy (non-hydrogen) atoms. The van der Waals surface area contributed by atoms with E-state index in [0.717, 1.165) is 28.7 Å². The second kappa shape index (κ2) is 9.71. The normalized spacial score (nSPS) is 11.8. The first-order valence-electron chi connectivity index (χ1n) is 9.65. The highest BCUT2D eigenvalue weighted by atomic mass is 79.9. The molecule has 0 bridgehead atoms. The highest BCUT2D eigenvalue weighted by Crippen LogP contribution is 2.42. The van der Waals surface area contributed by atoms with Crippen LogP contribution < -0.4 is 4.74 Å². The maximum Gasteiger partial charge on any atom is 0.134 e. The zero-order valence-electron chi connectivity index (χ0n) is 16.9. The number of methoxy groups -OCH3 is 1. The quantitative estimate of drug-likeness (QED) is 0.343. The summed E-state index contributed by atoms with van der Waals surface area (Å²) in [7, 11) is 1.63. The van der Waals surface area contributed by atoms with Gasteiger partial charge in [0.15, 0.2) is 0 Å². The van der Waals surface area contributed by atoms with E-state index >= 15 is 0 Å². The van der Waals surface area contributed by atoms with Gasteiger partial charge in [-0.2, -0.15) is 0 Å². The third-order valence-electron chi connectivity index (χ3n) is 4.80. The standard InChI is InChI=1S/C26H24BrFO/c1-4-6-10-18(5-2)19-11-7-12-20(17-19)21-13-8-14-22(26(21)29-3)25-23(27)15-9-16-24(25)28/h5-17H,4H2,1-3H3/b10-6-,18-5+. The molecule has 0 heterocycles. The van der Waals surface area contributed by atoms with Crippen LogP contribution in [-0.2, 0) is 0 Å². The average Bonchev–Trinajstić information content (AvgIpc) is 2.74. The van der Waals surface area contributed by atoms with Crippen molar-refractivity contribution in [2.75, 3.05) is 7.11 Å². The van der Waals surface area contributed by atoms with Crippen molar-refractivity contribution < 1.29 is 9.13 Å². The summed E-state index contributed by atoms with van der Waals surface area (Å²) in [6, 6.07) is 19.2. The molecule has 1 nitrogen and oxygen atoms in total. The van der Waals surface area contributed by atoms with Gasteiger partial charge >= 0.3 is 0 Å². The van der Waals surface area contributed by atoms with Crippen LogP contribution in [0.15, 0.2) is 83.4 Å². The second-order valence-electron chi connectivity index (χ2n) is 6.62. The van der Waals surface area contributed by atoms with Crippen LogP contribution in [0.1, 0.15) is 25.8 Å². The molecule has 0 N–H and O–H groups in total. The largest absolute Gasteiger partial charge is 0.495 e. The Kier molecular flexibility index (Phi) is 7.05. The van der Waals surface area contributed by atoms with E-state index in [4.69, 9.17) is 4.74 Å². The van der Waals surface area contributed by atoms with Crippen LogP contribution >= 0.6 is 15.9 Å². The van der Waals surface area contributed by atoms with Gasteiger partial charge in [0.25, 0.3) is 0 Å². The molecule has 3 rings (SSSR count). The average molecular weight is 451 g/mol. The maximum absolute atomic E-state index is 14.6. The molecule has 0 aliphatic carbocycles. The van der Waals surface area contributed by atoms with Gasteiger partial charge in [-0.15, -0.1) is 0 Å². The lowest BCUT2D eigenvalue weighted by molar-refractivity contribution is 0.417. The fourth-order valence-corrected chi connectivity index (χ4v) is 3.96. The monoisotopic (exact) mass is 450 g/mol. The van der Waals surface area contributed by atoms with Gasteiger partial charge in [0, 0.05) is 21.2 Å². The minimum absolute atomic E-state index is 0.288. The van der Waals surface area contributed by atoms with Gasteiger partial charge in [0.1, 0.15) is 11.6 Å². The molecule has 0 atom stereocenters. The molecule has 3 aromatic carbocycles. The van der Waals surface area contributed by atoms with E-state index in [9.17, 15) is 4.39 Å². The Morgan fingerprint density at radius 3 is 2.45 bits per heavy atom. The SMILES string of the molecule is C/C=C(\C=C/CC)c1cccc(-c2cccc(-c3c(F)cccc3Br)c2OC)c1. The smallest absolute Gasteiger partial charge is 0.134 e. The van der Waals surface area contributed by atoms with Crippen molar-refractivity contribution in [3.05, 3.63) is 94.7 Å². The first-order valence-corrected chi connectivity index (χ1v) is 10.4. The Balaban J connectivity index is 2.16. The molecule has 0 radical (unpaired) electrons. The number of hydrogen-bond acceptors (Lipinski definition) is 1. The number of benzene rings is 3. The lowest BCUT2D eigenvalue weighted by Crippen LogP contribution is -1.95. The first-order chi connectivity index (χ1) is 14.1. The number of para-hydroxylation sites is 1. The predicted octanol–water partition coefficient (Wildman–Crippen LogP) is 8.30. The number of ether oxygens (including phenoxy) is 1. The summed E-state index contributed by atoms with van der Waals surface area (Å²) in [6.07, 6.45) is 7.39. The van der Waals surface area contributed by atoms with Crippen LogP contribution in [0.4, 0.5) is 4.39 Å². The minimum atomic E-state index is -0.288. The highest BCUT2D eigenvalue weighted by molar-refractivity contribution is 9.10. The molecule has 0 unspecified atom stereocenters. The van der Waals surface area contributed by atoms with Crippen LogP contribution in [0.2, 0.25) is 0 Å². The maximum atomic E-state index is 14.6. The van der Waals surface area contributed by atoms with Gasteiger partial charge in [-0.1, -0.05) is 83.5 Å². The third kappa shape index (κ3) is 4.51. The minimum Gasteiger partial charge on any atom is -0.495 e. The molecule has 3 aromatic rings. The second-order valence-corrected chi connectivity index (χ2v) is 7.47. The molecular formula is C26H24BrFO. The molecule has 3 heteroatoms. The van der Waals surface area contributed by atoms with E-state index < -0.39 is 0 Å². The van der Waals surface area contributed by atoms with Gasteiger partial charge < -0.3 is 4.74 Å². The lowest BCUT2D eigenvalue weighted by Gasteiger charge is -2.16. The van der Waals surface area contributed by atoms with Crippen molar-refractivity contribution in [2.24, 2.45) is 0 Å². The van der Waals surface area contributed by atoms with Crippen molar-refractivity contribution in [3.63, 3.8) is 0 Å². The number of halogens is 2. The van der Waals surface area contributed by atoms with Crippen molar-refractivity contribution in [1.82, 2.24) is 0 Å². The number of allylic oxidation sites excluding steroid dienone is 4. The van der Waals surface area contributed by atoms with Crippen molar-refractivity contribution >= 4 is 21.5 Å². The van der Waals surface area contributed by atoms with Crippen LogP contribution in [0.5, 0.6) is 5.75 Å². The highest BCUT2D eigenvalue weighted by Gasteiger charge is 2.17. The van der Waals surface area contributed by atoms with Crippen LogP contribution in [0.3, 0.4) is 0 Å². The predicted molar refractivity (Wildman–Crippen MR) is 125 cm³/mol. The van der Waals surface area contributed by atoms with Gasteiger partial charge in [-0.3, -0.25) is 0 Å². The van der Waals surface area contributed by atoms with Gasteiger partial charge in [0.2, 0.25) is 0 Å². The molecule has 0 amide bonds. The summed E-state index contributed by atoms with van der Waals surface area (Å²) in [5.41, 5.74) is 5.48. The summed E-state index contributed by atoms with van der Waals surface area (Å²) < 4.78 is 21.1. The molecule has 0 fully saturated rings. The molecule has 148 valence electrons. The topological polar surface area (TPSA) is 9.23 Å². The van der Waals surface area contributed by atoms with E-state index in [2.05, 4.69) is 59.3 Å². The summed E-state index contributed by atoms with van der Waals surface area (Å²) in [6.45, 7) is 4.16. The summed E-state index contributed by atoms with van der Waals surface area (Å²) >= 11 is 3.48. The van der Waals surface area contributed by atoms with Crippen molar-refractivity contribution in [1.29, 1.82) is 0 Å².